The smallest absolute Gasteiger partial charge is 0.122 e. The summed E-state index contributed by atoms with van der Waals surface area (Å²) in [5, 5.41) is 3.51. The van der Waals surface area contributed by atoms with Crippen LogP contribution >= 0.6 is 0 Å². The molecular weight excluding hydrogens is 188 g/mol. The largest absolute Gasteiger partial charge is 0.337 e. The zero-order valence-corrected chi connectivity index (χ0v) is 9.61. The van der Waals surface area contributed by atoms with Crippen LogP contribution in [0.5, 0.6) is 0 Å². The quantitative estimate of drug-likeness (QED) is 0.787. The maximum Gasteiger partial charge on any atom is 0.122 e. The molecule has 1 atom stereocenters. The number of aryl methyl sites for hydroxylation is 1. The Morgan fingerprint density at radius 2 is 2.53 bits per heavy atom. The van der Waals surface area contributed by atoms with Crippen LogP contribution in [0.4, 0.5) is 0 Å². The minimum absolute atomic E-state index is 0.676. The Labute approximate surface area is 91.3 Å². The lowest BCUT2D eigenvalue weighted by Crippen LogP contribution is -2.35. The SMILES string of the molecule is CN(Cc1nccn1C)CC1CCCN1. The van der Waals surface area contributed by atoms with Crippen LogP contribution in [-0.4, -0.2) is 40.6 Å². The topological polar surface area (TPSA) is 33.1 Å². The Balaban J connectivity index is 1.81. The molecule has 1 aliphatic rings. The van der Waals surface area contributed by atoms with Gasteiger partial charge in [0.2, 0.25) is 0 Å². The fourth-order valence-electron chi connectivity index (χ4n) is 2.14. The van der Waals surface area contributed by atoms with Crippen molar-refractivity contribution in [3.8, 4) is 0 Å². The third-order valence-corrected chi connectivity index (χ3v) is 3.03. The standard InChI is InChI=1S/C11H20N4/c1-14(8-10-4-3-5-12-10)9-11-13-6-7-15(11)2/h6-7,10,12H,3-5,8-9H2,1-2H3. The first kappa shape index (κ1) is 10.6. The molecule has 2 rings (SSSR count). The monoisotopic (exact) mass is 208 g/mol. The second-order valence-electron chi connectivity index (χ2n) is 4.44. The third-order valence-electron chi connectivity index (χ3n) is 3.03. The Morgan fingerprint density at radius 1 is 1.67 bits per heavy atom. The van der Waals surface area contributed by atoms with Crippen molar-refractivity contribution in [1.82, 2.24) is 19.8 Å². The summed E-state index contributed by atoms with van der Waals surface area (Å²) in [6.07, 6.45) is 6.49. The van der Waals surface area contributed by atoms with Gasteiger partial charge in [-0.1, -0.05) is 0 Å². The van der Waals surface area contributed by atoms with E-state index in [-0.39, 0.29) is 0 Å². The maximum absolute atomic E-state index is 4.33. The van der Waals surface area contributed by atoms with Crippen molar-refractivity contribution in [1.29, 1.82) is 0 Å². The zero-order valence-electron chi connectivity index (χ0n) is 9.61. The highest BCUT2D eigenvalue weighted by molar-refractivity contribution is 4.91. The highest BCUT2D eigenvalue weighted by atomic mass is 15.2. The van der Waals surface area contributed by atoms with Crippen LogP contribution in [0, 0.1) is 0 Å². The van der Waals surface area contributed by atoms with Gasteiger partial charge in [-0.15, -0.1) is 0 Å². The Morgan fingerprint density at radius 3 is 3.13 bits per heavy atom. The van der Waals surface area contributed by atoms with Gasteiger partial charge in [0.25, 0.3) is 0 Å². The summed E-state index contributed by atoms with van der Waals surface area (Å²) in [7, 11) is 4.21. The fraction of sp³-hybridized carbons (Fsp3) is 0.727. The van der Waals surface area contributed by atoms with Crippen LogP contribution in [0.3, 0.4) is 0 Å². The molecule has 0 spiro atoms. The molecule has 0 amide bonds. The molecule has 4 nitrogen and oxygen atoms in total. The van der Waals surface area contributed by atoms with Crippen LogP contribution in [0.15, 0.2) is 12.4 Å². The fourth-order valence-corrected chi connectivity index (χ4v) is 2.14. The van der Waals surface area contributed by atoms with Crippen molar-refractivity contribution in [2.24, 2.45) is 7.05 Å². The average Bonchev–Trinajstić information content (AvgIpc) is 2.79. The van der Waals surface area contributed by atoms with E-state index < -0.39 is 0 Å². The van der Waals surface area contributed by atoms with Gasteiger partial charge in [0, 0.05) is 32.0 Å². The van der Waals surface area contributed by atoms with E-state index in [4.69, 9.17) is 0 Å². The number of hydrogen-bond acceptors (Lipinski definition) is 3. The van der Waals surface area contributed by atoms with Crippen molar-refractivity contribution in [3.63, 3.8) is 0 Å². The molecule has 0 saturated carbocycles. The first-order chi connectivity index (χ1) is 7.25. The lowest BCUT2D eigenvalue weighted by Gasteiger charge is -2.20. The second kappa shape index (κ2) is 4.77. The number of likely N-dealkylation sites (N-methyl/N-ethyl adjacent to an activating group) is 1. The van der Waals surface area contributed by atoms with Gasteiger partial charge in [-0.05, 0) is 26.4 Å². The Hall–Kier alpha value is -0.870. The molecule has 1 saturated heterocycles. The Bertz CT molecular complexity index is 301. The predicted molar refractivity (Wildman–Crippen MR) is 60.6 cm³/mol. The molecule has 15 heavy (non-hydrogen) atoms. The van der Waals surface area contributed by atoms with Crippen LogP contribution in [0.25, 0.3) is 0 Å². The highest BCUT2D eigenvalue weighted by Gasteiger charge is 2.16. The van der Waals surface area contributed by atoms with Gasteiger partial charge in [-0.25, -0.2) is 4.98 Å². The third kappa shape index (κ3) is 2.79. The molecule has 2 heterocycles. The van der Waals surface area contributed by atoms with Crippen molar-refractivity contribution in [3.05, 3.63) is 18.2 Å². The van der Waals surface area contributed by atoms with E-state index in [1.807, 2.05) is 19.4 Å². The summed E-state index contributed by atoms with van der Waals surface area (Å²) in [6.45, 7) is 3.23. The first-order valence-corrected chi connectivity index (χ1v) is 5.64. The average molecular weight is 208 g/mol. The van der Waals surface area contributed by atoms with Gasteiger partial charge in [0.05, 0.1) is 6.54 Å². The van der Waals surface area contributed by atoms with Crippen LogP contribution in [0.1, 0.15) is 18.7 Å². The molecule has 1 N–H and O–H groups in total. The predicted octanol–water partition coefficient (Wildman–Crippen LogP) is 0.604. The molecule has 1 aliphatic heterocycles. The van der Waals surface area contributed by atoms with Gasteiger partial charge in [0.1, 0.15) is 5.82 Å². The van der Waals surface area contributed by atoms with E-state index in [9.17, 15) is 0 Å². The summed E-state index contributed by atoms with van der Waals surface area (Å²) in [4.78, 5) is 6.67. The lowest BCUT2D eigenvalue weighted by atomic mass is 10.2. The van der Waals surface area contributed by atoms with Crippen molar-refractivity contribution in [2.45, 2.75) is 25.4 Å². The molecule has 1 aromatic rings. The van der Waals surface area contributed by atoms with Gasteiger partial charge < -0.3 is 9.88 Å². The molecule has 0 aliphatic carbocycles. The van der Waals surface area contributed by atoms with E-state index in [0.29, 0.717) is 6.04 Å². The van der Waals surface area contributed by atoms with E-state index >= 15 is 0 Å². The minimum Gasteiger partial charge on any atom is -0.337 e. The van der Waals surface area contributed by atoms with E-state index in [1.165, 1.54) is 19.4 Å². The van der Waals surface area contributed by atoms with Gasteiger partial charge >= 0.3 is 0 Å². The molecule has 4 heteroatoms. The summed E-state index contributed by atoms with van der Waals surface area (Å²) >= 11 is 0. The number of hydrogen-bond donors (Lipinski definition) is 1. The van der Waals surface area contributed by atoms with E-state index in [0.717, 1.165) is 18.9 Å². The van der Waals surface area contributed by atoms with E-state index in [1.54, 1.807) is 0 Å². The van der Waals surface area contributed by atoms with Gasteiger partial charge in [-0.3, -0.25) is 4.90 Å². The molecule has 1 fully saturated rings. The number of imidazole rings is 1. The summed E-state index contributed by atoms with van der Waals surface area (Å²) in [6, 6.07) is 0.676. The number of nitrogens with one attached hydrogen (secondary N) is 1. The number of rotatable bonds is 4. The maximum atomic E-state index is 4.33. The Kier molecular flexibility index (Phi) is 3.38. The zero-order chi connectivity index (χ0) is 10.7. The molecule has 1 unspecified atom stereocenters. The van der Waals surface area contributed by atoms with E-state index in [2.05, 4.69) is 26.8 Å². The summed E-state index contributed by atoms with van der Waals surface area (Å²) < 4.78 is 2.08. The van der Waals surface area contributed by atoms with Crippen LogP contribution in [0.2, 0.25) is 0 Å². The molecule has 0 bridgehead atoms. The normalized spacial score (nSPS) is 21.4. The summed E-state index contributed by atoms with van der Waals surface area (Å²) in [5.74, 6) is 1.13. The summed E-state index contributed by atoms with van der Waals surface area (Å²) in [5.41, 5.74) is 0. The highest BCUT2D eigenvalue weighted by Crippen LogP contribution is 2.07. The first-order valence-electron chi connectivity index (χ1n) is 5.64. The van der Waals surface area contributed by atoms with Crippen molar-refractivity contribution in [2.75, 3.05) is 20.1 Å². The minimum atomic E-state index is 0.676. The van der Waals surface area contributed by atoms with Gasteiger partial charge in [-0.2, -0.15) is 0 Å². The van der Waals surface area contributed by atoms with Crippen LogP contribution in [-0.2, 0) is 13.6 Å². The number of nitrogens with zero attached hydrogens (tertiary/aromatic N) is 3. The van der Waals surface area contributed by atoms with Crippen molar-refractivity contribution >= 4 is 0 Å². The molecule has 0 aromatic carbocycles. The van der Waals surface area contributed by atoms with Crippen LogP contribution < -0.4 is 5.32 Å². The lowest BCUT2D eigenvalue weighted by molar-refractivity contribution is 0.284. The van der Waals surface area contributed by atoms with Crippen molar-refractivity contribution < 1.29 is 0 Å². The molecular formula is C11H20N4. The molecule has 0 radical (unpaired) electrons. The second-order valence-corrected chi connectivity index (χ2v) is 4.44. The molecule has 84 valence electrons. The van der Waals surface area contributed by atoms with Gasteiger partial charge in [0.15, 0.2) is 0 Å². The molecule has 1 aromatic heterocycles. The number of aromatic nitrogens is 2.